The van der Waals surface area contributed by atoms with Gasteiger partial charge in [-0.2, -0.15) is 5.10 Å². The summed E-state index contributed by atoms with van der Waals surface area (Å²) in [5.41, 5.74) is 2.83. The van der Waals surface area contributed by atoms with Crippen LogP contribution in [-0.2, 0) is 10.2 Å². The summed E-state index contributed by atoms with van der Waals surface area (Å²) in [7, 11) is 0. The van der Waals surface area contributed by atoms with Crippen LogP contribution >= 0.6 is 23.2 Å². The standard InChI is InChI=1S/C27H33Cl2N5O2/c1-17(2)15-33(26(36)31-25-19(28)11-9-12-20(25)29)16-24(35)30-23-14-22(27(4,5)6)32-34(23)21-13-8-7-10-18(21)3/h7-14,17H,15-16H2,1-6H3,(H,30,35)(H,31,36). The highest BCUT2D eigenvalue weighted by molar-refractivity contribution is 6.39. The van der Waals surface area contributed by atoms with Gasteiger partial charge >= 0.3 is 6.03 Å². The first-order valence-corrected chi connectivity index (χ1v) is 12.6. The second-order valence-electron chi connectivity index (χ2n) is 10.2. The van der Waals surface area contributed by atoms with E-state index >= 15 is 0 Å². The molecule has 0 aliphatic carbocycles. The van der Waals surface area contributed by atoms with Crippen LogP contribution in [0.3, 0.4) is 0 Å². The Hall–Kier alpha value is -3.03. The normalized spacial score (nSPS) is 11.5. The van der Waals surface area contributed by atoms with Gasteiger partial charge < -0.3 is 15.5 Å². The molecule has 0 radical (unpaired) electrons. The minimum atomic E-state index is -0.461. The van der Waals surface area contributed by atoms with Gasteiger partial charge in [0.2, 0.25) is 5.91 Å². The molecule has 3 amide bonds. The van der Waals surface area contributed by atoms with Crippen LogP contribution in [0.25, 0.3) is 5.69 Å². The van der Waals surface area contributed by atoms with E-state index in [9.17, 15) is 9.59 Å². The van der Waals surface area contributed by atoms with Crippen LogP contribution < -0.4 is 10.6 Å². The number of nitrogens with one attached hydrogen (secondary N) is 2. The summed E-state index contributed by atoms with van der Waals surface area (Å²) in [6.45, 7) is 12.4. The van der Waals surface area contributed by atoms with Crippen LogP contribution in [-0.4, -0.2) is 39.7 Å². The molecule has 0 fully saturated rings. The summed E-state index contributed by atoms with van der Waals surface area (Å²) in [6.07, 6.45) is 0. The molecule has 1 heterocycles. The second kappa shape index (κ2) is 11.4. The van der Waals surface area contributed by atoms with E-state index in [0.29, 0.717) is 28.1 Å². The highest BCUT2D eigenvalue weighted by Crippen LogP contribution is 2.30. The van der Waals surface area contributed by atoms with E-state index in [1.54, 1.807) is 22.9 Å². The fourth-order valence-electron chi connectivity index (χ4n) is 3.64. The quantitative estimate of drug-likeness (QED) is 0.348. The van der Waals surface area contributed by atoms with Gasteiger partial charge in [-0.25, -0.2) is 9.48 Å². The molecule has 0 saturated heterocycles. The number of hydrogen-bond acceptors (Lipinski definition) is 3. The number of anilines is 2. The molecule has 0 spiro atoms. The Labute approximate surface area is 222 Å². The molecule has 3 aromatic rings. The predicted molar refractivity (Wildman–Crippen MR) is 148 cm³/mol. The van der Waals surface area contributed by atoms with Crippen molar-refractivity contribution < 1.29 is 9.59 Å². The van der Waals surface area contributed by atoms with Crippen molar-refractivity contribution in [1.29, 1.82) is 0 Å². The van der Waals surface area contributed by atoms with Gasteiger partial charge in [-0.1, -0.05) is 82.1 Å². The summed E-state index contributed by atoms with van der Waals surface area (Å²) in [5.74, 6) is 0.333. The summed E-state index contributed by atoms with van der Waals surface area (Å²) in [6, 6.07) is 14.2. The topological polar surface area (TPSA) is 79.3 Å². The summed E-state index contributed by atoms with van der Waals surface area (Å²) < 4.78 is 1.74. The SMILES string of the molecule is Cc1ccccc1-n1nc(C(C)(C)C)cc1NC(=O)CN(CC(C)C)C(=O)Nc1c(Cl)cccc1Cl. The van der Waals surface area contributed by atoms with Crippen molar-refractivity contribution >= 4 is 46.6 Å². The van der Waals surface area contributed by atoms with Crippen LogP contribution in [0, 0.1) is 12.8 Å². The molecule has 36 heavy (non-hydrogen) atoms. The first-order chi connectivity index (χ1) is 16.9. The summed E-state index contributed by atoms with van der Waals surface area (Å²) in [4.78, 5) is 27.7. The van der Waals surface area contributed by atoms with Crippen molar-refractivity contribution in [2.24, 2.45) is 5.92 Å². The average molecular weight is 531 g/mol. The first kappa shape index (κ1) is 27.6. The maximum absolute atomic E-state index is 13.2. The van der Waals surface area contributed by atoms with E-state index in [-0.39, 0.29) is 23.8 Å². The number of aromatic nitrogens is 2. The third-order valence-electron chi connectivity index (χ3n) is 5.49. The zero-order valence-electron chi connectivity index (χ0n) is 21.5. The Bertz CT molecular complexity index is 1230. The predicted octanol–water partition coefficient (Wildman–Crippen LogP) is 6.91. The van der Waals surface area contributed by atoms with Gasteiger partial charge in [0.25, 0.3) is 0 Å². The smallest absolute Gasteiger partial charge is 0.315 e. The van der Waals surface area contributed by atoms with Gasteiger partial charge in [-0.05, 0) is 36.6 Å². The van der Waals surface area contributed by atoms with E-state index < -0.39 is 6.03 Å². The number of halogens is 2. The van der Waals surface area contributed by atoms with Crippen LogP contribution in [0.4, 0.5) is 16.3 Å². The van der Waals surface area contributed by atoms with E-state index in [1.165, 1.54) is 4.90 Å². The largest absolute Gasteiger partial charge is 0.322 e. The van der Waals surface area contributed by atoms with Crippen molar-refractivity contribution in [3.63, 3.8) is 0 Å². The lowest BCUT2D eigenvalue weighted by Crippen LogP contribution is -2.42. The zero-order valence-corrected chi connectivity index (χ0v) is 23.0. The molecule has 3 rings (SSSR count). The van der Waals surface area contributed by atoms with Gasteiger partial charge in [0.15, 0.2) is 0 Å². The Kier molecular flexibility index (Phi) is 8.69. The van der Waals surface area contributed by atoms with E-state index in [1.807, 2.05) is 51.1 Å². The van der Waals surface area contributed by atoms with Gasteiger partial charge in [0.1, 0.15) is 12.4 Å². The molecule has 0 atom stereocenters. The number of carbonyl (C=O) groups excluding carboxylic acids is 2. The highest BCUT2D eigenvalue weighted by Gasteiger charge is 2.24. The minimum Gasteiger partial charge on any atom is -0.315 e. The van der Waals surface area contributed by atoms with Crippen LogP contribution in [0.15, 0.2) is 48.5 Å². The van der Waals surface area contributed by atoms with Gasteiger partial charge in [0, 0.05) is 18.0 Å². The van der Waals surface area contributed by atoms with Crippen molar-refractivity contribution in [3.8, 4) is 5.69 Å². The maximum Gasteiger partial charge on any atom is 0.322 e. The molecule has 0 unspecified atom stereocenters. The second-order valence-corrected chi connectivity index (χ2v) is 11.0. The molecule has 1 aromatic heterocycles. The Morgan fingerprint density at radius 3 is 2.25 bits per heavy atom. The molecule has 2 aromatic carbocycles. The monoisotopic (exact) mass is 529 g/mol. The number of urea groups is 1. The zero-order chi connectivity index (χ0) is 26.6. The Morgan fingerprint density at radius 2 is 1.67 bits per heavy atom. The first-order valence-electron chi connectivity index (χ1n) is 11.8. The molecule has 9 heteroatoms. The molecule has 7 nitrogen and oxygen atoms in total. The molecule has 0 saturated carbocycles. The van der Waals surface area contributed by atoms with Gasteiger partial charge in [0.05, 0.1) is 27.1 Å². The number of amides is 3. The van der Waals surface area contributed by atoms with Crippen LogP contribution in [0.5, 0.6) is 0 Å². The fraction of sp³-hybridized carbons (Fsp3) is 0.370. The molecule has 0 bridgehead atoms. The minimum absolute atomic E-state index is 0.134. The molecule has 0 aliphatic rings. The number of hydrogen-bond donors (Lipinski definition) is 2. The number of carbonyl (C=O) groups is 2. The number of nitrogens with zero attached hydrogens (tertiary/aromatic N) is 3. The fourth-order valence-corrected chi connectivity index (χ4v) is 4.13. The van der Waals surface area contributed by atoms with Gasteiger partial charge in [-0.15, -0.1) is 0 Å². The maximum atomic E-state index is 13.2. The average Bonchev–Trinajstić information content (AvgIpc) is 3.19. The Balaban J connectivity index is 1.85. The van der Waals surface area contributed by atoms with Crippen molar-refractivity contribution in [1.82, 2.24) is 14.7 Å². The lowest BCUT2D eigenvalue weighted by atomic mass is 9.92. The summed E-state index contributed by atoms with van der Waals surface area (Å²) in [5, 5.41) is 11.1. The third-order valence-corrected chi connectivity index (χ3v) is 6.12. The molecule has 2 N–H and O–H groups in total. The lowest BCUT2D eigenvalue weighted by molar-refractivity contribution is -0.116. The highest BCUT2D eigenvalue weighted by atomic mass is 35.5. The van der Waals surface area contributed by atoms with Crippen LogP contribution in [0.2, 0.25) is 10.0 Å². The lowest BCUT2D eigenvalue weighted by Gasteiger charge is -2.25. The molecule has 192 valence electrons. The Morgan fingerprint density at radius 1 is 1.03 bits per heavy atom. The van der Waals surface area contributed by atoms with Crippen molar-refractivity contribution in [2.75, 3.05) is 23.7 Å². The number of rotatable bonds is 7. The van der Waals surface area contributed by atoms with E-state index in [4.69, 9.17) is 28.3 Å². The van der Waals surface area contributed by atoms with Crippen molar-refractivity contribution in [3.05, 3.63) is 69.8 Å². The number of aryl methyl sites for hydroxylation is 1. The van der Waals surface area contributed by atoms with Gasteiger partial charge in [-0.3, -0.25) is 4.79 Å². The van der Waals surface area contributed by atoms with Crippen LogP contribution in [0.1, 0.15) is 45.9 Å². The van der Waals surface area contributed by atoms with E-state index in [2.05, 4.69) is 31.4 Å². The number of benzene rings is 2. The molecular weight excluding hydrogens is 497 g/mol. The molecule has 0 aliphatic heterocycles. The number of para-hydroxylation sites is 2. The van der Waals surface area contributed by atoms with Crippen molar-refractivity contribution in [2.45, 2.75) is 47.0 Å². The summed E-state index contributed by atoms with van der Waals surface area (Å²) >= 11 is 12.4. The molecular formula is C27H33Cl2N5O2. The van der Waals surface area contributed by atoms with E-state index in [0.717, 1.165) is 16.9 Å². The third kappa shape index (κ3) is 6.80.